The molecule has 0 bridgehead atoms. The fourth-order valence-electron chi connectivity index (χ4n) is 3.21. The summed E-state index contributed by atoms with van der Waals surface area (Å²) < 4.78 is 5.22. The largest absolute Gasteiger partial charge is 0.479 e. The number of nitrogens with one attached hydrogen (secondary N) is 1. The maximum Gasteiger partial charge on any atom is 0.246 e. The number of benzene rings is 1. The van der Waals surface area contributed by atoms with Crippen LogP contribution in [0, 0.1) is 17.2 Å². The molecule has 0 spiro atoms. The van der Waals surface area contributed by atoms with E-state index in [1.807, 2.05) is 25.1 Å². The highest BCUT2D eigenvalue weighted by atomic mass is 16.5. The van der Waals surface area contributed by atoms with Crippen LogP contribution in [-0.4, -0.2) is 42.5 Å². The van der Waals surface area contributed by atoms with Crippen molar-refractivity contribution in [3.8, 4) is 11.8 Å². The molecule has 28 heavy (non-hydrogen) atoms. The third-order valence-corrected chi connectivity index (χ3v) is 4.97. The number of likely N-dealkylation sites (tertiary alicyclic amines) is 1. The fraction of sp³-hybridized carbons (Fsp3) is 0.500. The Morgan fingerprint density at radius 1 is 1.32 bits per heavy atom. The summed E-state index contributed by atoms with van der Waals surface area (Å²) in [7, 11) is 0. The summed E-state index contributed by atoms with van der Waals surface area (Å²) in [6, 6.07) is 9.24. The smallest absolute Gasteiger partial charge is 0.246 e. The van der Waals surface area contributed by atoms with Crippen LogP contribution in [0.4, 0.5) is 0 Å². The van der Waals surface area contributed by atoms with E-state index in [1.165, 1.54) is 0 Å². The van der Waals surface area contributed by atoms with Crippen LogP contribution in [0.1, 0.15) is 45.1 Å². The summed E-state index contributed by atoms with van der Waals surface area (Å²) in [5, 5.41) is 11.5. The number of unbranched alkanes of at least 4 members (excludes halogenated alkanes) is 1. The third kappa shape index (κ3) is 6.41. The number of carbonyl (C=O) groups is 2. The molecule has 0 aromatic heterocycles. The van der Waals surface area contributed by atoms with E-state index < -0.39 is 0 Å². The van der Waals surface area contributed by atoms with Gasteiger partial charge in [-0.2, -0.15) is 5.26 Å². The third-order valence-electron chi connectivity index (χ3n) is 4.97. The SMILES string of the molecule is CCCCNC(=O)C1CCC(C)N(C(=O)C=Cc2ccc(OCC#N)cc2)C1. The Balaban J connectivity index is 1.93. The first-order valence-corrected chi connectivity index (χ1v) is 9.91. The molecule has 1 aliphatic heterocycles. The van der Waals surface area contributed by atoms with Crippen LogP contribution in [-0.2, 0) is 9.59 Å². The van der Waals surface area contributed by atoms with Gasteiger partial charge in [0, 0.05) is 25.2 Å². The van der Waals surface area contributed by atoms with E-state index >= 15 is 0 Å². The molecule has 2 amide bonds. The van der Waals surface area contributed by atoms with Gasteiger partial charge >= 0.3 is 0 Å². The van der Waals surface area contributed by atoms with Gasteiger partial charge < -0.3 is 15.0 Å². The zero-order chi connectivity index (χ0) is 20.4. The van der Waals surface area contributed by atoms with Crippen molar-refractivity contribution < 1.29 is 14.3 Å². The van der Waals surface area contributed by atoms with E-state index in [0.29, 0.717) is 18.8 Å². The van der Waals surface area contributed by atoms with Crippen molar-refractivity contribution in [1.29, 1.82) is 5.26 Å². The Morgan fingerprint density at radius 2 is 2.07 bits per heavy atom. The highest BCUT2D eigenvalue weighted by Gasteiger charge is 2.31. The van der Waals surface area contributed by atoms with Crippen LogP contribution in [0.15, 0.2) is 30.3 Å². The van der Waals surface area contributed by atoms with Crippen molar-refractivity contribution in [1.82, 2.24) is 10.2 Å². The first kappa shape index (κ1) is 21.5. The highest BCUT2D eigenvalue weighted by Crippen LogP contribution is 2.23. The van der Waals surface area contributed by atoms with Gasteiger partial charge in [0.05, 0.1) is 5.92 Å². The monoisotopic (exact) mass is 383 g/mol. The van der Waals surface area contributed by atoms with E-state index in [2.05, 4.69) is 12.2 Å². The van der Waals surface area contributed by atoms with Crippen LogP contribution >= 0.6 is 0 Å². The first-order chi connectivity index (χ1) is 13.5. The topological polar surface area (TPSA) is 82.4 Å². The van der Waals surface area contributed by atoms with Crippen LogP contribution in [0.3, 0.4) is 0 Å². The van der Waals surface area contributed by atoms with Crippen molar-refractivity contribution >= 4 is 17.9 Å². The molecule has 6 heteroatoms. The Kier molecular flexibility index (Phi) is 8.54. The molecule has 2 atom stereocenters. The lowest BCUT2D eigenvalue weighted by atomic mass is 9.92. The first-order valence-electron chi connectivity index (χ1n) is 9.91. The Bertz CT molecular complexity index is 722. The molecular weight excluding hydrogens is 354 g/mol. The number of amides is 2. The maximum absolute atomic E-state index is 12.7. The van der Waals surface area contributed by atoms with E-state index in [1.54, 1.807) is 29.2 Å². The Hall–Kier alpha value is -2.81. The summed E-state index contributed by atoms with van der Waals surface area (Å²) >= 11 is 0. The van der Waals surface area contributed by atoms with Gasteiger partial charge in [-0.1, -0.05) is 25.5 Å². The van der Waals surface area contributed by atoms with Crippen molar-refractivity contribution in [3.05, 3.63) is 35.9 Å². The van der Waals surface area contributed by atoms with Crippen LogP contribution in [0.5, 0.6) is 5.75 Å². The van der Waals surface area contributed by atoms with Crippen molar-refractivity contribution in [2.45, 2.75) is 45.6 Å². The zero-order valence-electron chi connectivity index (χ0n) is 16.7. The molecule has 0 saturated carbocycles. The molecule has 2 rings (SSSR count). The molecule has 1 N–H and O–H groups in total. The molecule has 1 fully saturated rings. The van der Waals surface area contributed by atoms with Crippen molar-refractivity contribution in [2.24, 2.45) is 5.92 Å². The molecule has 0 aliphatic carbocycles. The summed E-state index contributed by atoms with van der Waals surface area (Å²) in [4.78, 5) is 26.8. The predicted molar refractivity (Wildman–Crippen MR) is 108 cm³/mol. The van der Waals surface area contributed by atoms with Gasteiger partial charge in [0.25, 0.3) is 0 Å². The number of hydrogen-bond donors (Lipinski definition) is 1. The minimum absolute atomic E-state index is 0.00765. The van der Waals surface area contributed by atoms with Gasteiger partial charge in [-0.15, -0.1) is 0 Å². The number of nitrogens with zero attached hydrogens (tertiary/aromatic N) is 2. The van der Waals surface area contributed by atoms with Crippen LogP contribution in [0.2, 0.25) is 0 Å². The summed E-state index contributed by atoms with van der Waals surface area (Å²) in [6.45, 7) is 5.28. The van der Waals surface area contributed by atoms with Gasteiger partial charge in [0.2, 0.25) is 11.8 Å². The average Bonchev–Trinajstić information content (AvgIpc) is 2.71. The van der Waals surface area contributed by atoms with Gasteiger partial charge in [-0.3, -0.25) is 9.59 Å². The number of nitriles is 1. The summed E-state index contributed by atoms with van der Waals surface area (Å²) in [6.07, 6.45) is 6.98. The molecule has 6 nitrogen and oxygen atoms in total. The highest BCUT2D eigenvalue weighted by molar-refractivity contribution is 5.92. The predicted octanol–water partition coefficient (Wildman–Crippen LogP) is 3.15. The average molecular weight is 383 g/mol. The fourth-order valence-corrected chi connectivity index (χ4v) is 3.21. The number of rotatable bonds is 8. The number of piperidine rings is 1. The number of ether oxygens (including phenoxy) is 1. The molecule has 1 aromatic carbocycles. The minimum atomic E-state index is -0.137. The molecule has 1 aliphatic rings. The van der Waals surface area contributed by atoms with Gasteiger partial charge in [-0.25, -0.2) is 0 Å². The minimum Gasteiger partial charge on any atom is -0.479 e. The Morgan fingerprint density at radius 3 is 2.75 bits per heavy atom. The van der Waals surface area contributed by atoms with Crippen LogP contribution in [0.25, 0.3) is 6.08 Å². The lowest BCUT2D eigenvalue weighted by molar-refractivity contribution is -0.134. The molecule has 1 aromatic rings. The molecule has 2 unspecified atom stereocenters. The quantitative estimate of drug-likeness (QED) is 0.552. The standard InChI is InChI=1S/C22H29N3O3/c1-3-4-14-24-22(27)19-9-5-17(2)25(16-19)21(26)12-8-18-6-10-20(11-7-18)28-15-13-23/h6-8,10-12,17,19H,3-5,9,14-16H2,1-2H3,(H,24,27). The lowest BCUT2D eigenvalue weighted by Gasteiger charge is -2.36. The van der Waals surface area contributed by atoms with E-state index in [0.717, 1.165) is 31.2 Å². The van der Waals surface area contributed by atoms with Crippen molar-refractivity contribution in [2.75, 3.05) is 19.7 Å². The Labute approximate surface area is 167 Å². The summed E-state index contributed by atoms with van der Waals surface area (Å²) in [5.74, 6) is 0.451. The lowest BCUT2D eigenvalue weighted by Crippen LogP contribution is -2.49. The molecule has 150 valence electrons. The maximum atomic E-state index is 12.7. The second-order valence-corrected chi connectivity index (χ2v) is 7.11. The van der Waals surface area contributed by atoms with Crippen molar-refractivity contribution in [3.63, 3.8) is 0 Å². The number of hydrogen-bond acceptors (Lipinski definition) is 4. The molecular formula is C22H29N3O3. The number of carbonyl (C=O) groups excluding carboxylic acids is 2. The molecule has 0 radical (unpaired) electrons. The van der Waals surface area contributed by atoms with Gasteiger partial charge in [0.15, 0.2) is 6.61 Å². The second kappa shape index (κ2) is 11.1. The second-order valence-electron chi connectivity index (χ2n) is 7.11. The van der Waals surface area contributed by atoms with Gasteiger partial charge in [0.1, 0.15) is 11.8 Å². The normalized spacial score (nSPS) is 19.2. The van der Waals surface area contributed by atoms with E-state index in [4.69, 9.17) is 10.00 Å². The van der Waals surface area contributed by atoms with Gasteiger partial charge in [-0.05, 0) is 50.0 Å². The van der Waals surface area contributed by atoms with Crippen LogP contribution < -0.4 is 10.1 Å². The van der Waals surface area contributed by atoms with E-state index in [9.17, 15) is 9.59 Å². The molecule has 1 saturated heterocycles. The summed E-state index contributed by atoms with van der Waals surface area (Å²) in [5.41, 5.74) is 0.871. The zero-order valence-corrected chi connectivity index (χ0v) is 16.7. The molecule has 1 heterocycles. The van der Waals surface area contributed by atoms with E-state index in [-0.39, 0.29) is 30.4 Å².